The fraction of sp³-hybridized carbons (Fsp3) is 0.600. The van der Waals surface area contributed by atoms with Gasteiger partial charge in [-0.05, 0) is 69.9 Å². The molecule has 0 atom stereocenters. The molecule has 1 aliphatic rings. The van der Waals surface area contributed by atoms with Gasteiger partial charge in [-0.25, -0.2) is 0 Å². The fourth-order valence-corrected chi connectivity index (χ4v) is 2.72. The number of hydrogen-bond donors (Lipinski definition) is 2. The van der Waals surface area contributed by atoms with Crippen LogP contribution < -0.4 is 10.6 Å². The summed E-state index contributed by atoms with van der Waals surface area (Å²) in [6, 6.07) is 8.62. The van der Waals surface area contributed by atoms with E-state index < -0.39 is 0 Å². The molecule has 0 spiro atoms. The summed E-state index contributed by atoms with van der Waals surface area (Å²) in [5, 5.41) is 7.14. The van der Waals surface area contributed by atoms with Crippen molar-refractivity contribution in [3.05, 3.63) is 34.3 Å². The Morgan fingerprint density at radius 1 is 1.22 bits per heavy atom. The van der Waals surface area contributed by atoms with Crippen LogP contribution in [0.4, 0.5) is 0 Å². The molecule has 2 nitrogen and oxygen atoms in total. The number of rotatable bonds is 4. The van der Waals surface area contributed by atoms with Crippen LogP contribution >= 0.6 is 15.9 Å². The first-order valence-electron chi connectivity index (χ1n) is 6.80. The van der Waals surface area contributed by atoms with Gasteiger partial charge in [0.1, 0.15) is 0 Å². The van der Waals surface area contributed by atoms with Crippen LogP contribution in [-0.4, -0.2) is 19.6 Å². The Morgan fingerprint density at radius 2 is 1.83 bits per heavy atom. The zero-order valence-electron chi connectivity index (χ0n) is 11.3. The Morgan fingerprint density at radius 3 is 2.44 bits per heavy atom. The molecule has 3 heteroatoms. The summed E-state index contributed by atoms with van der Waals surface area (Å²) < 4.78 is 1.14. The van der Waals surface area contributed by atoms with Gasteiger partial charge in [0.25, 0.3) is 0 Å². The molecule has 1 aromatic carbocycles. The minimum atomic E-state index is 0.0472. The third kappa shape index (κ3) is 3.81. The molecule has 100 valence electrons. The van der Waals surface area contributed by atoms with E-state index in [1.54, 1.807) is 0 Å². The monoisotopic (exact) mass is 310 g/mol. The highest BCUT2D eigenvalue weighted by molar-refractivity contribution is 9.10. The van der Waals surface area contributed by atoms with Crippen molar-refractivity contribution >= 4 is 15.9 Å². The average molecular weight is 311 g/mol. The topological polar surface area (TPSA) is 24.1 Å². The number of halogens is 1. The zero-order chi connectivity index (χ0) is 13.0. The lowest BCUT2D eigenvalue weighted by molar-refractivity contribution is 0.305. The van der Waals surface area contributed by atoms with E-state index in [1.807, 2.05) is 0 Å². The summed E-state index contributed by atoms with van der Waals surface area (Å²) >= 11 is 3.49. The molecule has 0 radical (unpaired) electrons. The van der Waals surface area contributed by atoms with Crippen LogP contribution in [-0.2, 0) is 5.54 Å². The molecule has 0 bridgehead atoms. The Labute approximate surface area is 119 Å². The molecule has 18 heavy (non-hydrogen) atoms. The Bertz CT molecular complexity index is 367. The molecule has 0 unspecified atom stereocenters. The van der Waals surface area contributed by atoms with Crippen molar-refractivity contribution in [2.45, 2.75) is 32.2 Å². The first kappa shape index (κ1) is 14.0. The van der Waals surface area contributed by atoms with E-state index in [9.17, 15) is 0 Å². The van der Waals surface area contributed by atoms with Crippen LogP contribution in [0.1, 0.15) is 32.3 Å². The lowest BCUT2D eigenvalue weighted by atomic mass is 9.92. The Hall–Kier alpha value is -0.380. The van der Waals surface area contributed by atoms with Gasteiger partial charge in [-0.1, -0.05) is 28.1 Å². The van der Waals surface area contributed by atoms with Crippen LogP contribution in [0.5, 0.6) is 0 Å². The van der Waals surface area contributed by atoms with Gasteiger partial charge < -0.3 is 10.6 Å². The predicted molar refractivity (Wildman–Crippen MR) is 80.8 cm³/mol. The third-order valence-electron chi connectivity index (χ3n) is 3.86. The van der Waals surface area contributed by atoms with Crippen LogP contribution in [0.25, 0.3) is 0 Å². The van der Waals surface area contributed by atoms with E-state index >= 15 is 0 Å². The maximum Gasteiger partial charge on any atom is 0.0377 e. The molecule has 0 amide bonds. The number of benzene rings is 1. The van der Waals surface area contributed by atoms with Gasteiger partial charge in [-0.3, -0.25) is 0 Å². The first-order valence-corrected chi connectivity index (χ1v) is 7.59. The largest absolute Gasteiger partial charge is 0.317 e. The minimum Gasteiger partial charge on any atom is -0.317 e. The summed E-state index contributed by atoms with van der Waals surface area (Å²) in [6.45, 7) is 7.98. The standard InChI is InChI=1S/C15H23BrN2/c1-15(2,13-3-5-14(16)6-4-13)18-11-12-7-9-17-10-8-12/h3-6,12,17-18H,7-11H2,1-2H3. The fourth-order valence-electron chi connectivity index (χ4n) is 2.45. The molecular weight excluding hydrogens is 288 g/mol. The van der Waals surface area contributed by atoms with Gasteiger partial charge in [-0.2, -0.15) is 0 Å². The molecule has 0 aromatic heterocycles. The van der Waals surface area contributed by atoms with Crippen molar-refractivity contribution in [2.75, 3.05) is 19.6 Å². The number of piperidine rings is 1. The SMILES string of the molecule is CC(C)(NCC1CCNCC1)c1ccc(Br)cc1. The highest BCUT2D eigenvalue weighted by Gasteiger charge is 2.22. The van der Waals surface area contributed by atoms with Crippen molar-refractivity contribution < 1.29 is 0 Å². The molecule has 1 heterocycles. The summed E-state index contributed by atoms with van der Waals surface area (Å²) in [4.78, 5) is 0. The lowest BCUT2D eigenvalue weighted by Gasteiger charge is -2.31. The summed E-state index contributed by atoms with van der Waals surface area (Å²) in [7, 11) is 0. The van der Waals surface area contributed by atoms with Crippen LogP contribution in [0, 0.1) is 5.92 Å². The van der Waals surface area contributed by atoms with Gasteiger partial charge in [0.15, 0.2) is 0 Å². The van der Waals surface area contributed by atoms with Crippen molar-refractivity contribution in [2.24, 2.45) is 5.92 Å². The molecule has 2 N–H and O–H groups in total. The van der Waals surface area contributed by atoms with E-state index in [0.29, 0.717) is 0 Å². The van der Waals surface area contributed by atoms with Crippen molar-refractivity contribution in [3.8, 4) is 0 Å². The van der Waals surface area contributed by atoms with Crippen LogP contribution in [0.3, 0.4) is 0 Å². The highest BCUT2D eigenvalue weighted by Crippen LogP contribution is 2.23. The van der Waals surface area contributed by atoms with E-state index in [-0.39, 0.29) is 5.54 Å². The van der Waals surface area contributed by atoms with E-state index in [2.05, 4.69) is 64.7 Å². The van der Waals surface area contributed by atoms with Gasteiger partial charge in [0.2, 0.25) is 0 Å². The smallest absolute Gasteiger partial charge is 0.0377 e. The molecule has 2 rings (SSSR count). The second kappa shape index (κ2) is 6.18. The molecule has 0 saturated carbocycles. The van der Waals surface area contributed by atoms with E-state index in [1.165, 1.54) is 31.5 Å². The maximum absolute atomic E-state index is 3.72. The highest BCUT2D eigenvalue weighted by atomic mass is 79.9. The van der Waals surface area contributed by atoms with Crippen LogP contribution in [0.15, 0.2) is 28.7 Å². The first-order chi connectivity index (χ1) is 8.58. The van der Waals surface area contributed by atoms with Gasteiger partial charge >= 0.3 is 0 Å². The second-order valence-corrected chi connectivity index (χ2v) is 6.62. The predicted octanol–water partition coefficient (Wildman–Crippen LogP) is 3.27. The second-order valence-electron chi connectivity index (χ2n) is 5.71. The van der Waals surface area contributed by atoms with E-state index in [0.717, 1.165) is 16.9 Å². The third-order valence-corrected chi connectivity index (χ3v) is 4.39. The van der Waals surface area contributed by atoms with Crippen molar-refractivity contribution in [3.63, 3.8) is 0 Å². The summed E-state index contributed by atoms with van der Waals surface area (Å²) in [5.74, 6) is 0.820. The average Bonchev–Trinajstić information content (AvgIpc) is 2.38. The molecule has 1 aromatic rings. The Balaban J connectivity index is 1.91. The maximum atomic E-state index is 3.72. The molecule has 1 aliphatic heterocycles. The van der Waals surface area contributed by atoms with Crippen molar-refractivity contribution in [1.29, 1.82) is 0 Å². The number of hydrogen-bond acceptors (Lipinski definition) is 2. The van der Waals surface area contributed by atoms with Crippen LogP contribution in [0.2, 0.25) is 0 Å². The zero-order valence-corrected chi connectivity index (χ0v) is 12.9. The number of nitrogens with one attached hydrogen (secondary N) is 2. The van der Waals surface area contributed by atoms with Gasteiger partial charge in [0, 0.05) is 10.0 Å². The molecule has 0 aliphatic carbocycles. The van der Waals surface area contributed by atoms with Crippen molar-refractivity contribution in [1.82, 2.24) is 10.6 Å². The molecule has 1 fully saturated rings. The lowest BCUT2D eigenvalue weighted by Crippen LogP contribution is -2.42. The normalized spacial score (nSPS) is 17.9. The Kier molecular flexibility index (Phi) is 4.82. The summed E-state index contributed by atoms with van der Waals surface area (Å²) in [5.41, 5.74) is 1.39. The quantitative estimate of drug-likeness (QED) is 0.892. The molecule has 1 saturated heterocycles. The minimum absolute atomic E-state index is 0.0472. The molecular formula is C15H23BrN2. The van der Waals surface area contributed by atoms with Gasteiger partial charge in [0.05, 0.1) is 0 Å². The summed E-state index contributed by atoms with van der Waals surface area (Å²) in [6.07, 6.45) is 2.59. The van der Waals surface area contributed by atoms with E-state index in [4.69, 9.17) is 0 Å². The van der Waals surface area contributed by atoms with Gasteiger partial charge in [-0.15, -0.1) is 0 Å².